The average Bonchev–Trinajstić information content (AvgIpc) is 2.89. The van der Waals surface area contributed by atoms with Gasteiger partial charge in [0.05, 0.1) is 19.3 Å². The topological polar surface area (TPSA) is 55.8 Å². The third-order valence-electron chi connectivity index (χ3n) is 3.91. The van der Waals surface area contributed by atoms with Gasteiger partial charge in [-0.05, 0) is 31.2 Å². The predicted molar refractivity (Wildman–Crippen MR) is 106 cm³/mol. The van der Waals surface area contributed by atoms with Crippen molar-refractivity contribution in [3.8, 4) is 0 Å². The van der Waals surface area contributed by atoms with Crippen LogP contribution in [0.4, 0.5) is 0 Å². The molecule has 0 bridgehead atoms. The normalized spacial score (nSPS) is 19.0. The van der Waals surface area contributed by atoms with Crippen molar-refractivity contribution in [1.29, 1.82) is 0 Å². The Morgan fingerprint density at radius 3 is 3.04 bits per heavy atom. The van der Waals surface area contributed by atoms with Gasteiger partial charge in [0.1, 0.15) is 0 Å². The first-order chi connectivity index (χ1) is 10.6. The van der Waals surface area contributed by atoms with E-state index in [4.69, 9.17) is 22.1 Å². The monoisotopic (exact) mass is 448 g/mol. The van der Waals surface area contributed by atoms with Gasteiger partial charge in [-0.25, -0.2) is 0 Å². The number of halogens is 2. The lowest BCUT2D eigenvalue weighted by molar-refractivity contribution is 0.00529. The zero-order valence-electron chi connectivity index (χ0n) is 13.1. The number of fused-ring (bicyclic) bond motifs is 1. The van der Waals surface area contributed by atoms with E-state index in [0.29, 0.717) is 19.1 Å². The fourth-order valence-corrected chi connectivity index (χ4v) is 2.95. The van der Waals surface area contributed by atoms with Gasteiger partial charge in [-0.3, -0.25) is 4.99 Å². The molecular weight excluding hydrogens is 427 g/mol. The molecule has 0 aliphatic carbocycles. The molecule has 0 amide bonds. The number of nitrogens with zero attached hydrogens (tertiary/aromatic N) is 3. The second kappa shape index (κ2) is 8.21. The fraction of sp³-hybridized carbons (Fsp3) is 0.438. The van der Waals surface area contributed by atoms with Crippen LogP contribution in [0.15, 0.2) is 35.5 Å². The van der Waals surface area contributed by atoms with Crippen molar-refractivity contribution in [1.82, 2.24) is 9.47 Å². The molecule has 1 aromatic carbocycles. The Kier molecular flexibility index (Phi) is 6.55. The van der Waals surface area contributed by atoms with E-state index in [1.807, 2.05) is 18.2 Å². The van der Waals surface area contributed by atoms with Crippen LogP contribution in [-0.4, -0.2) is 47.8 Å². The lowest BCUT2D eigenvalue weighted by Crippen LogP contribution is -2.48. The van der Waals surface area contributed by atoms with E-state index >= 15 is 0 Å². The van der Waals surface area contributed by atoms with Crippen LogP contribution >= 0.6 is 35.6 Å². The summed E-state index contributed by atoms with van der Waals surface area (Å²) in [6.45, 7) is 5.83. The van der Waals surface area contributed by atoms with Gasteiger partial charge in [-0.2, -0.15) is 0 Å². The number of morpholine rings is 1. The van der Waals surface area contributed by atoms with Crippen LogP contribution in [-0.2, 0) is 11.3 Å². The molecule has 2 aromatic rings. The largest absolute Gasteiger partial charge is 0.375 e. The highest BCUT2D eigenvalue weighted by Gasteiger charge is 2.17. The lowest BCUT2D eigenvalue weighted by atomic mass is 10.2. The minimum absolute atomic E-state index is 0. The third-order valence-corrected chi connectivity index (χ3v) is 4.15. The van der Waals surface area contributed by atoms with Crippen LogP contribution in [0, 0.1) is 0 Å². The van der Waals surface area contributed by atoms with Gasteiger partial charge < -0.3 is 19.9 Å². The number of nitrogens with two attached hydrogens (primary N) is 1. The number of benzene rings is 1. The summed E-state index contributed by atoms with van der Waals surface area (Å²) in [5.41, 5.74) is 7.24. The molecule has 1 aliphatic heterocycles. The van der Waals surface area contributed by atoms with Crippen LogP contribution in [0.2, 0.25) is 5.02 Å². The fourth-order valence-electron chi connectivity index (χ4n) is 2.76. The molecule has 5 nitrogen and oxygen atoms in total. The van der Waals surface area contributed by atoms with Gasteiger partial charge in [0.15, 0.2) is 5.96 Å². The Morgan fingerprint density at radius 2 is 2.26 bits per heavy atom. The molecule has 1 aromatic heterocycles. The van der Waals surface area contributed by atoms with Gasteiger partial charge in [-0.15, -0.1) is 24.0 Å². The summed E-state index contributed by atoms with van der Waals surface area (Å²) in [6, 6.07) is 7.99. The molecule has 2 N–H and O–H groups in total. The van der Waals surface area contributed by atoms with Crippen LogP contribution < -0.4 is 5.73 Å². The number of hydrogen-bond donors (Lipinski definition) is 1. The summed E-state index contributed by atoms with van der Waals surface area (Å²) in [7, 11) is 0. The lowest BCUT2D eigenvalue weighted by Gasteiger charge is -2.31. The standard InChI is InChI=1S/C16H21ClN4O.HI/c1-12-11-21(8-9-22-12)16(18)19-5-7-20-6-4-13-10-14(17)2-3-15(13)20;/h2-4,6,10,12H,5,7-9,11H2,1H3,(H2,18,19);1H. The molecule has 0 spiro atoms. The average molecular weight is 449 g/mol. The van der Waals surface area contributed by atoms with Gasteiger partial charge in [0, 0.05) is 41.8 Å². The first-order valence-corrected chi connectivity index (χ1v) is 7.92. The van der Waals surface area contributed by atoms with Crippen LogP contribution in [0.1, 0.15) is 6.92 Å². The number of hydrogen-bond acceptors (Lipinski definition) is 2. The second-order valence-electron chi connectivity index (χ2n) is 5.58. The molecule has 23 heavy (non-hydrogen) atoms. The highest BCUT2D eigenvalue weighted by molar-refractivity contribution is 14.0. The van der Waals surface area contributed by atoms with Crippen molar-refractivity contribution in [3.63, 3.8) is 0 Å². The maximum absolute atomic E-state index is 6.08. The minimum Gasteiger partial charge on any atom is -0.375 e. The number of aliphatic imine (C=N–C) groups is 1. The quantitative estimate of drug-likeness (QED) is 0.446. The van der Waals surface area contributed by atoms with E-state index in [0.717, 1.165) is 35.6 Å². The van der Waals surface area contributed by atoms with Crippen molar-refractivity contribution in [2.45, 2.75) is 19.6 Å². The summed E-state index contributed by atoms with van der Waals surface area (Å²) < 4.78 is 7.68. The Labute approximate surface area is 158 Å². The van der Waals surface area contributed by atoms with E-state index in [-0.39, 0.29) is 30.1 Å². The van der Waals surface area contributed by atoms with E-state index in [1.54, 1.807) is 0 Å². The van der Waals surface area contributed by atoms with E-state index in [1.165, 1.54) is 0 Å². The number of ether oxygens (including phenoxy) is 1. The first-order valence-electron chi connectivity index (χ1n) is 7.54. The Hall–Kier alpha value is -0.990. The van der Waals surface area contributed by atoms with E-state index in [9.17, 15) is 0 Å². The van der Waals surface area contributed by atoms with Crippen LogP contribution in [0.25, 0.3) is 10.9 Å². The van der Waals surface area contributed by atoms with Gasteiger partial charge in [-0.1, -0.05) is 11.6 Å². The Morgan fingerprint density at radius 1 is 1.43 bits per heavy atom. The zero-order valence-corrected chi connectivity index (χ0v) is 16.2. The maximum Gasteiger partial charge on any atom is 0.191 e. The second-order valence-corrected chi connectivity index (χ2v) is 6.02. The molecule has 126 valence electrons. The Balaban J connectivity index is 0.00000192. The van der Waals surface area contributed by atoms with Crippen LogP contribution in [0.3, 0.4) is 0 Å². The van der Waals surface area contributed by atoms with Gasteiger partial charge in [0.25, 0.3) is 0 Å². The predicted octanol–water partition coefficient (Wildman–Crippen LogP) is 2.95. The molecule has 1 saturated heterocycles. The molecule has 2 heterocycles. The van der Waals surface area contributed by atoms with Crippen molar-refractivity contribution in [3.05, 3.63) is 35.5 Å². The van der Waals surface area contributed by atoms with E-state index in [2.05, 4.69) is 33.6 Å². The molecule has 1 fully saturated rings. The van der Waals surface area contributed by atoms with Gasteiger partial charge in [0.2, 0.25) is 0 Å². The first kappa shape index (κ1) is 18.4. The molecule has 1 unspecified atom stereocenters. The molecule has 0 saturated carbocycles. The molecule has 3 rings (SSSR count). The molecular formula is C16H22ClIN4O. The zero-order chi connectivity index (χ0) is 15.5. The molecule has 7 heteroatoms. The van der Waals surface area contributed by atoms with E-state index < -0.39 is 0 Å². The SMILES string of the molecule is CC1CN(C(N)=NCCn2ccc3cc(Cl)ccc32)CCO1.I. The highest BCUT2D eigenvalue weighted by Crippen LogP contribution is 2.20. The summed E-state index contributed by atoms with van der Waals surface area (Å²) >= 11 is 6.01. The van der Waals surface area contributed by atoms with Crippen molar-refractivity contribution in [2.24, 2.45) is 10.7 Å². The molecule has 0 radical (unpaired) electrons. The van der Waals surface area contributed by atoms with Gasteiger partial charge >= 0.3 is 0 Å². The summed E-state index contributed by atoms with van der Waals surface area (Å²) in [5.74, 6) is 0.606. The minimum atomic E-state index is 0. The van der Waals surface area contributed by atoms with Crippen molar-refractivity contribution >= 4 is 52.4 Å². The highest BCUT2D eigenvalue weighted by atomic mass is 127. The molecule has 1 atom stereocenters. The summed E-state index contributed by atoms with van der Waals surface area (Å²) in [5, 5.41) is 1.90. The smallest absolute Gasteiger partial charge is 0.191 e. The summed E-state index contributed by atoms with van der Waals surface area (Å²) in [6.07, 6.45) is 2.27. The molecule has 1 aliphatic rings. The van der Waals surface area contributed by atoms with Crippen LogP contribution in [0.5, 0.6) is 0 Å². The third kappa shape index (κ3) is 4.51. The van der Waals surface area contributed by atoms with Crippen molar-refractivity contribution < 1.29 is 4.74 Å². The Bertz CT molecular complexity index is 688. The maximum atomic E-state index is 6.08. The van der Waals surface area contributed by atoms with Crippen molar-refractivity contribution in [2.75, 3.05) is 26.2 Å². The summed E-state index contributed by atoms with van der Waals surface area (Å²) in [4.78, 5) is 6.58. The number of guanidine groups is 1. The number of aromatic nitrogens is 1. The number of rotatable bonds is 3.